The predicted molar refractivity (Wildman–Crippen MR) is 169 cm³/mol. The lowest BCUT2D eigenvalue weighted by atomic mass is 9.96. The molecule has 0 radical (unpaired) electrons. The SMILES string of the molecule is COc1cc(C2CNCCO2)c(-c2cnn(C)c2)cc1Nc1ncc(C#N)c(Nc2ccc3nccnc3c2P(C)(C)=O)n1. The lowest BCUT2D eigenvalue weighted by Crippen LogP contribution is -2.33. The van der Waals surface area contributed by atoms with Gasteiger partial charge in [-0.25, -0.2) is 4.98 Å². The third-order valence-electron chi connectivity index (χ3n) is 7.22. The minimum atomic E-state index is -2.83. The number of hydrogen-bond donors (Lipinski definition) is 3. The number of rotatable bonds is 8. The smallest absolute Gasteiger partial charge is 0.229 e. The number of aromatic nitrogens is 6. The van der Waals surface area contributed by atoms with Crippen LogP contribution < -0.4 is 26.0 Å². The number of nitrogens with one attached hydrogen (secondary N) is 3. The summed E-state index contributed by atoms with van der Waals surface area (Å²) in [5.41, 5.74) is 5.30. The Balaban J connectivity index is 1.40. The van der Waals surface area contributed by atoms with E-state index in [1.54, 1.807) is 55.8 Å². The highest BCUT2D eigenvalue weighted by molar-refractivity contribution is 7.71. The average molecular weight is 611 g/mol. The molecule has 0 spiro atoms. The molecule has 14 heteroatoms. The van der Waals surface area contributed by atoms with Gasteiger partial charge in [0.1, 0.15) is 30.0 Å². The number of methoxy groups -OCH3 is 1. The van der Waals surface area contributed by atoms with Crippen LogP contribution in [0.15, 0.2) is 55.2 Å². The Kier molecular flexibility index (Phi) is 7.97. The van der Waals surface area contributed by atoms with Crippen molar-refractivity contribution >= 4 is 46.6 Å². The molecule has 0 bridgehead atoms. The van der Waals surface area contributed by atoms with Gasteiger partial charge in [0.15, 0.2) is 5.82 Å². The molecule has 2 aromatic carbocycles. The third-order valence-corrected chi connectivity index (χ3v) is 8.75. The second-order valence-electron chi connectivity index (χ2n) is 10.7. The highest BCUT2D eigenvalue weighted by Gasteiger charge is 2.25. The lowest BCUT2D eigenvalue weighted by Gasteiger charge is -2.27. The van der Waals surface area contributed by atoms with Crippen LogP contribution in [0.25, 0.3) is 22.2 Å². The fourth-order valence-electron chi connectivity index (χ4n) is 5.24. The van der Waals surface area contributed by atoms with E-state index in [-0.39, 0.29) is 23.4 Å². The van der Waals surface area contributed by atoms with Crippen LogP contribution in [0.1, 0.15) is 17.2 Å². The Labute approximate surface area is 254 Å². The standard InChI is InChI=1S/C30H31N10O3P/c1-40-17-19(15-36-40)20-11-24(25(42-2)12-21(20)26-16-32-9-10-43-26)38-30-35-14-18(13-31)29(39-30)37-23-6-5-22-27(34-8-7-33-22)28(23)44(3,4)41/h5-8,11-12,14-15,17,26,32H,9-10,16H2,1-4H3,(H2,35,37,38,39). The van der Waals surface area contributed by atoms with E-state index in [1.807, 2.05) is 25.4 Å². The van der Waals surface area contributed by atoms with Gasteiger partial charge in [-0.1, -0.05) is 0 Å². The number of hydrogen-bond acceptors (Lipinski definition) is 12. The van der Waals surface area contributed by atoms with Crippen LogP contribution in [0.4, 0.5) is 23.1 Å². The van der Waals surface area contributed by atoms with Crippen molar-refractivity contribution in [3.63, 3.8) is 0 Å². The van der Waals surface area contributed by atoms with Crippen LogP contribution in [0.5, 0.6) is 5.75 Å². The van der Waals surface area contributed by atoms with Gasteiger partial charge in [0.2, 0.25) is 5.95 Å². The summed E-state index contributed by atoms with van der Waals surface area (Å²) in [6.45, 7) is 5.41. The van der Waals surface area contributed by atoms with Gasteiger partial charge in [-0.2, -0.15) is 15.3 Å². The molecular weight excluding hydrogens is 579 g/mol. The van der Waals surface area contributed by atoms with E-state index in [0.29, 0.717) is 46.6 Å². The summed E-state index contributed by atoms with van der Waals surface area (Å²) in [6, 6.07) is 9.60. The summed E-state index contributed by atoms with van der Waals surface area (Å²) in [5.74, 6) is 1.04. The van der Waals surface area contributed by atoms with Crippen molar-refractivity contribution in [2.45, 2.75) is 6.10 Å². The minimum absolute atomic E-state index is 0.169. The first kappa shape index (κ1) is 29.2. The summed E-state index contributed by atoms with van der Waals surface area (Å²) in [5, 5.41) is 24.6. The van der Waals surface area contributed by atoms with E-state index in [0.717, 1.165) is 23.2 Å². The lowest BCUT2D eigenvalue weighted by molar-refractivity contribution is 0.0279. The second kappa shape index (κ2) is 12.0. The normalized spacial score (nSPS) is 15.1. The molecule has 1 aliphatic heterocycles. The molecular formula is C30H31N10O3P. The molecule has 1 unspecified atom stereocenters. The van der Waals surface area contributed by atoms with E-state index >= 15 is 0 Å². The molecule has 0 saturated carbocycles. The highest BCUT2D eigenvalue weighted by atomic mass is 31.2. The summed E-state index contributed by atoms with van der Waals surface area (Å²) >= 11 is 0. The average Bonchev–Trinajstić information content (AvgIpc) is 3.46. The van der Waals surface area contributed by atoms with Gasteiger partial charge in [0.05, 0.1) is 54.4 Å². The van der Waals surface area contributed by atoms with Crippen molar-refractivity contribution in [1.29, 1.82) is 5.26 Å². The molecule has 1 fully saturated rings. The maximum atomic E-state index is 13.4. The quantitative estimate of drug-likeness (QED) is 0.216. The molecule has 3 aromatic heterocycles. The number of morpholine rings is 1. The highest BCUT2D eigenvalue weighted by Crippen LogP contribution is 2.42. The Hall–Kier alpha value is -4.89. The number of aryl methyl sites for hydroxylation is 1. The Bertz CT molecular complexity index is 1940. The van der Waals surface area contributed by atoms with Gasteiger partial charge in [0.25, 0.3) is 0 Å². The van der Waals surface area contributed by atoms with Crippen LogP contribution >= 0.6 is 7.14 Å². The number of nitriles is 1. The molecule has 5 aromatic rings. The van der Waals surface area contributed by atoms with Gasteiger partial charge < -0.3 is 30.0 Å². The number of nitrogens with zero attached hydrogens (tertiary/aromatic N) is 7. The maximum Gasteiger partial charge on any atom is 0.229 e. The van der Waals surface area contributed by atoms with Gasteiger partial charge in [-0.15, -0.1) is 0 Å². The predicted octanol–water partition coefficient (Wildman–Crippen LogP) is 4.10. The van der Waals surface area contributed by atoms with Crippen molar-refractivity contribution in [1.82, 2.24) is 35.0 Å². The summed E-state index contributed by atoms with van der Waals surface area (Å²) < 4.78 is 27.0. The maximum absolute atomic E-state index is 13.4. The molecule has 3 N–H and O–H groups in total. The molecule has 1 aliphatic rings. The topological polar surface area (TPSA) is 165 Å². The van der Waals surface area contributed by atoms with E-state index in [9.17, 15) is 9.83 Å². The van der Waals surface area contributed by atoms with Crippen LogP contribution in [-0.2, 0) is 16.3 Å². The van der Waals surface area contributed by atoms with E-state index < -0.39 is 7.14 Å². The fraction of sp³-hybridized carbons (Fsp3) is 0.267. The summed E-state index contributed by atoms with van der Waals surface area (Å²) in [4.78, 5) is 17.8. The molecule has 224 valence electrons. The first-order valence-electron chi connectivity index (χ1n) is 13.9. The van der Waals surface area contributed by atoms with Crippen LogP contribution in [0.3, 0.4) is 0 Å². The van der Waals surface area contributed by atoms with Crippen molar-refractivity contribution in [2.24, 2.45) is 7.05 Å². The van der Waals surface area contributed by atoms with Gasteiger partial charge in [-0.3, -0.25) is 14.6 Å². The third kappa shape index (κ3) is 5.83. The number of benzene rings is 2. The first-order chi connectivity index (χ1) is 21.2. The second-order valence-corrected chi connectivity index (χ2v) is 13.8. The minimum Gasteiger partial charge on any atom is -0.495 e. The number of fused-ring (bicyclic) bond motifs is 1. The number of anilines is 4. The van der Waals surface area contributed by atoms with Crippen LogP contribution in [0.2, 0.25) is 0 Å². The Morgan fingerprint density at radius 3 is 2.68 bits per heavy atom. The molecule has 1 atom stereocenters. The monoisotopic (exact) mass is 610 g/mol. The zero-order valence-electron chi connectivity index (χ0n) is 24.7. The first-order valence-corrected chi connectivity index (χ1v) is 16.5. The number of ether oxygens (including phenoxy) is 2. The van der Waals surface area contributed by atoms with Crippen LogP contribution in [0, 0.1) is 11.3 Å². The Morgan fingerprint density at radius 1 is 1.14 bits per heavy atom. The van der Waals surface area contributed by atoms with Crippen molar-refractivity contribution in [2.75, 3.05) is 50.8 Å². The molecule has 0 amide bonds. The molecule has 1 saturated heterocycles. The van der Waals surface area contributed by atoms with Gasteiger partial charge in [-0.05, 0) is 48.7 Å². The molecule has 44 heavy (non-hydrogen) atoms. The summed E-state index contributed by atoms with van der Waals surface area (Å²) in [6.07, 6.45) is 8.16. The molecule has 6 rings (SSSR count). The zero-order valence-corrected chi connectivity index (χ0v) is 25.6. The Morgan fingerprint density at radius 2 is 1.98 bits per heavy atom. The van der Waals surface area contributed by atoms with Crippen molar-refractivity contribution in [3.05, 3.63) is 66.4 Å². The molecule has 13 nitrogen and oxygen atoms in total. The van der Waals surface area contributed by atoms with Gasteiger partial charge >= 0.3 is 0 Å². The van der Waals surface area contributed by atoms with Crippen molar-refractivity contribution < 1.29 is 14.0 Å². The van der Waals surface area contributed by atoms with E-state index in [4.69, 9.17) is 9.47 Å². The molecule has 4 heterocycles. The zero-order chi connectivity index (χ0) is 30.8. The van der Waals surface area contributed by atoms with Crippen LogP contribution in [-0.4, -0.2) is 69.9 Å². The molecule has 0 aliphatic carbocycles. The van der Waals surface area contributed by atoms with E-state index in [2.05, 4.69) is 47.1 Å². The fourth-order valence-corrected chi connectivity index (χ4v) is 6.63. The largest absolute Gasteiger partial charge is 0.495 e. The van der Waals surface area contributed by atoms with Crippen molar-refractivity contribution in [3.8, 4) is 22.9 Å². The van der Waals surface area contributed by atoms with E-state index in [1.165, 1.54) is 6.20 Å². The van der Waals surface area contributed by atoms with Gasteiger partial charge in [0, 0.05) is 44.3 Å². The summed E-state index contributed by atoms with van der Waals surface area (Å²) in [7, 11) is 0.630.